The van der Waals surface area contributed by atoms with Crippen LogP contribution in [0.4, 0.5) is 0 Å². The van der Waals surface area contributed by atoms with Crippen LogP contribution in [0.1, 0.15) is 39.2 Å². The first-order valence-electron chi connectivity index (χ1n) is 8.34. The van der Waals surface area contributed by atoms with Gasteiger partial charge in [0.2, 0.25) is 0 Å². The minimum atomic E-state index is -0.494. The van der Waals surface area contributed by atoms with Crippen LogP contribution in [0.5, 0.6) is 0 Å². The number of fused-ring (bicyclic) bond motifs is 1. The maximum atomic E-state index is 6.63. The van der Waals surface area contributed by atoms with E-state index in [0.717, 1.165) is 19.4 Å². The van der Waals surface area contributed by atoms with Gasteiger partial charge >= 0.3 is 0 Å². The maximum Gasteiger partial charge on any atom is 0.163 e. The lowest BCUT2D eigenvalue weighted by atomic mass is 10.00. The van der Waals surface area contributed by atoms with Crippen molar-refractivity contribution in [3.63, 3.8) is 0 Å². The Labute approximate surface area is 132 Å². The summed E-state index contributed by atoms with van der Waals surface area (Å²) in [6.07, 6.45) is 2.37. The third-order valence-corrected chi connectivity index (χ3v) is 5.46. The number of hydrogen-bond acceptors (Lipinski definition) is 4. The highest BCUT2D eigenvalue weighted by atomic mass is 16.8. The van der Waals surface area contributed by atoms with Crippen molar-refractivity contribution in [1.29, 1.82) is 0 Å². The topological polar surface area (TPSA) is 47.7 Å². The van der Waals surface area contributed by atoms with Gasteiger partial charge in [-0.25, -0.2) is 0 Å². The van der Waals surface area contributed by atoms with Crippen molar-refractivity contribution in [1.82, 2.24) is 4.90 Å². The van der Waals surface area contributed by atoms with E-state index in [2.05, 4.69) is 42.2 Å². The predicted octanol–water partition coefficient (Wildman–Crippen LogP) is 2.27. The zero-order chi connectivity index (χ0) is 15.5. The molecule has 2 N–H and O–H groups in total. The van der Waals surface area contributed by atoms with Gasteiger partial charge in [-0.15, -0.1) is 0 Å². The molecule has 3 aliphatic rings. The molecule has 4 heteroatoms. The number of nitrogens with two attached hydrogens (primary N) is 1. The summed E-state index contributed by atoms with van der Waals surface area (Å²) in [7, 11) is 0. The van der Waals surface area contributed by atoms with Gasteiger partial charge in [-0.1, -0.05) is 30.3 Å². The van der Waals surface area contributed by atoms with Crippen LogP contribution in [0, 0.1) is 0 Å². The van der Waals surface area contributed by atoms with Crippen LogP contribution >= 0.6 is 0 Å². The fraction of sp³-hybridized carbons (Fsp3) is 0.667. The molecule has 2 heterocycles. The highest BCUT2D eigenvalue weighted by Gasteiger charge is 2.64. The van der Waals surface area contributed by atoms with Crippen LogP contribution in [0.15, 0.2) is 30.3 Å². The molecule has 120 valence electrons. The van der Waals surface area contributed by atoms with Gasteiger partial charge in [0, 0.05) is 18.1 Å². The standard InChI is InChI=1S/C18H26N2O2/c1-12-14-15(22-17(2,3)21-14)16(18(19)9-10-18)20(12)11-13-7-5-4-6-8-13/h4-8,12,14-16H,9-11,19H2,1-3H3/t12-,14+,15+,16-/m0/s1. The fourth-order valence-corrected chi connectivity index (χ4v) is 4.20. The van der Waals surface area contributed by atoms with E-state index in [1.807, 2.05) is 13.8 Å². The second-order valence-corrected chi connectivity index (χ2v) is 7.64. The van der Waals surface area contributed by atoms with Crippen LogP contribution < -0.4 is 5.73 Å². The van der Waals surface area contributed by atoms with E-state index in [9.17, 15) is 0 Å². The van der Waals surface area contributed by atoms with Crippen LogP contribution in [-0.4, -0.2) is 40.5 Å². The number of benzene rings is 1. The molecule has 4 rings (SSSR count). The third-order valence-electron chi connectivity index (χ3n) is 5.46. The number of nitrogens with zero attached hydrogens (tertiary/aromatic N) is 1. The van der Waals surface area contributed by atoms with Crippen molar-refractivity contribution in [2.24, 2.45) is 5.73 Å². The lowest BCUT2D eigenvalue weighted by Crippen LogP contribution is -2.53. The molecule has 0 bridgehead atoms. The zero-order valence-electron chi connectivity index (χ0n) is 13.7. The first-order chi connectivity index (χ1) is 10.4. The third kappa shape index (κ3) is 2.29. The van der Waals surface area contributed by atoms with Crippen molar-refractivity contribution in [3.8, 4) is 0 Å². The van der Waals surface area contributed by atoms with E-state index >= 15 is 0 Å². The van der Waals surface area contributed by atoms with E-state index in [1.54, 1.807) is 0 Å². The highest BCUT2D eigenvalue weighted by molar-refractivity contribution is 5.22. The summed E-state index contributed by atoms with van der Waals surface area (Å²) < 4.78 is 12.4. The van der Waals surface area contributed by atoms with Crippen LogP contribution in [0.3, 0.4) is 0 Å². The van der Waals surface area contributed by atoms with Gasteiger partial charge in [0.15, 0.2) is 5.79 Å². The van der Waals surface area contributed by atoms with Crippen molar-refractivity contribution in [3.05, 3.63) is 35.9 Å². The monoisotopic (exact) mass is 302 g/mol. The molecule has 2 aliphatic heterocycles. The Morgan fingerprint density at radius 3 is 2.41 bits per heavy atom. The average molecular weight is 302 g/mol. The van der Waals surface area contributed by atoms with Crippen molar-refractivity contribution < 1.29 is 9.47 Å². The Hall–Kier alpha value is -0.940. The fourth-order valence-electron chi connectivity index (χ4n) is 4.20. The van der Waals surface area contributed by atoms with E-state index < -0.39 is 5.79 Å². The zero-order valence-corrected chi connectivity index (χ0v) is 13.7. The van der Waals surface area contributed by atoms with Crippen molar-refractivity contribution in [2.45, 2.75) is 75.8 Å². The van der Waals surface area contributed by atoms with Crippen LogP contribution in [-0.2, 0) is 16.0 Å². The van der Waals surface area contributed by atoms with Crippen LogP contribution in [0.2, 0.25) is 0 Å². The van der Waals surface area contributed by atoms with E-state index in [4.69, 9.17) is 15.2 Å². The average Bonchev–Trinajstić information content (AvgIpc) is 3.06. The summed E-state index contributed by atoms with van der Waals surface area (Å²) in [5, 5.41) is 0. The largest absolute Gasteiger partial charge is 0.343 e. The Bertz CT molecular complexity index is 555. The quantitative estimate of drug-likeness (QED) is 0.930. The molecular weight excluding hydrogens is 276 g/mol. The molecule has 0 spiro atoms. The Kier molecular flexibility index (Phi) is 3.18. The molecule has 0 amide bonds. The second kappa shape index (κ2) is 4.78. The molecule has 2 saturated heterocycles. The van der Waals surface area contributed by atoms with Crippen molar-refractivity contribution in [2.75, 3.05) is 0 Å². The summed E-state index contributed by atoms with van der Waals surface area (Å²) in [4.78, 5) is 2.51. The van der Waals surface area contributed by atoms with Gasteiger partial charge in [-0.2, -0.15) is 0 Å². The minimum absolute atomic E-state index is 0.0845. The van der Waals surface area contributed by atoms with Crippen LogP contribution in [0.25, 0.3) is 0 Å². The van der Waals surface area contributed by atoms with Gasteiger partial charge in [0.1, 0.15) is 12.2 Å². The predicted molar refractivity (Wildman–Crippen MR) is 85.2 cm³/mol. The molecule has 4 nitrogen and oxygen atoms in total. The summed E-state index contributed by atoms with van der Waals surface area (Å²) in [6, 6.07) is 11.2. The molecule has 0 aromatic heterocycles. The van der Waals surface area contributed by atoms with E-state index in [-0.39, 0.29) is 23.8 Å². The van der Waals surface area contributed by atoms with Gasteiger partial charge in [-0.3, -0.25) is 4.90 Å². The Balaban J connectivity index is 1.63. The lowest BCUT2D eigenvalue weighted by Gasteiger charge is -2.36. The first-order valence-corrected chi connectivity index (χ1v) is 8.34. The molecule has 1 saturated carbocycles. The molecule has 0 unspecified atom stereocenters. The van der Waals surface area contributed by atoms with E-state index in [1.165, 1.54) is 5.56 Å². The maximum absolute atomic E-state index is 6.63. The number of hydrogen-bond donors (Lipinski definition) is 1. The van der Waals surface area contributed by atoms with E-state index in [0.29, 0.717) is 6.04 Å². The van der Waals surface area contributed by atoms with Gasteiger partial charge in [0.25, 0.3) is 0 Å². The molecular formula is C18H26N2O2. The lowest BCUT2D eigenvalue weighted by molar-refractivity contribution is -0.169. The Morgan fingerprint density at radius 2 is 1.77 bits per heavy atom. The molecule has 3 fully saturated rings. The molecule has 22 heavy (non-hydrogen) atoms. The molecule has 1 aromatic rings. The summed E-state index contributed by atoms with van der Waals surface area (Å²) >= 11 is 0. The summed E-state index contributed by atoms with van der Waals surface area (Å²) in [5.74, 6) is -0.494. The van der Waals surface area contributed by atoms with Gasteiger partial charge < -0.3 is 15.2 Å². The minimum Gasteiger partial charge on any atom is -0.343 e. The number of rotatable bonds is 3. The smallest absolute Gasteiger partial charge is 0.163 e. The highest BCUT2D eigenvalue weighted by Crippen LogP contribution is 2.50. The van der Waals surface area contributed by atoms with Crippen molar-refractivity contribution >= 4 is 0 Å². The molecule has 4 atom stereocenters. The van der Waals surface area contributed by atoms with Gasteiger partial charge in [-0.05, 0) is 39.2 Å². The molecule has 1 aliphatic carbocycles. The second-order valence-electron chi connectivity index (χ2n) is 7.64. The first kappa shape index (κ1) is 14.6. The summed E-state index contributed by atoms with van der Waals surface area (Å²) in [6.45, 7) is 7.17. The molecule has 1 aromatic carbocycles. The number of ether oxygens (including phenoxy) is 2. The SMILES string of the molecule is C[C@H]1[C@H]2OC(C)(C)O[C@H]2[C@@H](C2(N)CC2)N1Cc1ccccc1. The summed E-state index contributed by atoms with van der Waals surface area (Å²) in [5.41, 5.74) is 7.84. The Morgan fingerprint density at radius 1 is 1.14 bits per heavy atom. The van der Waals surface area contributed by atoms with Gasteiger partial charge in [0.05, 0.1) is 6.04 Å². The normalized spacial score (nSPS) is 38.9. The number of likely N-dealkylation sites (tertiary alicyclic amines) is 1. The molecule has 0 radical (unpaired) electrons.